The van der Waals surface area contributed by atoms with E-state index in [-0.39, 0.29) is 17.1 Å². The van der Waals surface area contributed by atoms with E-state index in [1.807, 2.05) is 53.8 Å². The minimum Gasteiger partial charge on any atom is -0.495 e. The molecule has 3 heterocycles. The number of piperidine rings is 1. The maximum atomic E-state index is 13.4. The second-order valence-corrected chi connectivity index (χ2v) is 8.51. The van der Waals surface area contributed by atoms with Crippen LogP contribution in [0.5, 0.6) is 5.75 Å². The molecule has 1 amide bonds. The van der Waals surface area contributed by atoms with E-state index >= 15 is 0 Å². The first kappa shape index (κ1) is 20.3. The zero-order valence-electron chi connectivity index (χ0n) is 17.3. The Morgan fingerprint density at radius 1 is 1.30 bits per heavy atom. The molecule has 1 aliphatic rings. The molecule has 0 aliphatic carbocycles. The third kappa shape index (κ3) is 4.03. The van der Waals surface area contributed by atoms with Crippen LogP contribution in [0.25, 0.3) is 11.8 Å². The summed E-state index contributed by atoms with van der Waals surface area (Å²) in [6, 6.07) is 8.95. The Morgan fingerprint density at radius 3 is 2.80 bits per heavy atom. The van der Waals surface area contributed by atoms with Gasteiger partial charge in [0, 0.05) is 23.2 Å². The minimum absolute atomic E-state index is 0.0100. The highest BCUT2D eigenvalue weighted by atomic mass is 32.1. The third-order valence-corrected chi connectivity index (χ3v) is 6.43. The van der Waals surface area contributed by atoms with Gasteiger partial charge in [-0.1, -0.05) is 6.07 Å². The Kier molecular flexibility index (Phi) is 5.72. The van der Waals surface area contributed by atoms with E-state index in [4.69, 9.17) is 4.74 Å². The number of hydrogen-bond donors (Lipinski definition) is 0. The molecule has 1 aliphatic heterocycles. The number of thiophene rings is 1. The molecule has 5 nitrogen and oxygen atoms in total. The van der Waals surface area contributed by atoms with Gasteiger partial charge in [-0.2, -0.15) is 4.39 Å². The van der Waals surface area contributed by atoms with Crippen LogP contribution >= 0.6 is 11.3 Å². The van der Waals surface area contributed by atoms with Crippen molar-refractivity contribution in [2.45, 2.75) is 32.7 Å². The standard InChI is InChI=1S/C23H24FN3O2S/c1-15-13-26(14-25-15)19-7-6-17(12-20(19)29-3)11-18-5-4-10-27(23(18)28)16(2)21-8-9-22(24)30-21/h6-9,11-14,16H,4-5,10H2,1-3H3/b18-11+/t16-/m1/s1. The summed E-state index contributed by atoms with van der Waals surface area (Å²) in [5, 5.41) is -0.225. The van der Waals surface area contributed by atoms with Crippen LogP contribution in [-0.2, 0) is 4.79 Å². The fourth-order valence-corrected chi connectivity index (χ4v) is 4.59. The Bertz CT molecular complexity index is 1100. The maximum absolute atomic E-state index is 13.4. The number of amides is 1. The lowest BCUT2D eigenvalue weighted by atomic mass is 9.99. The number of carbonyl (C=O) groups excluding carboxylic acids is 1. The summed E-state index contributed by atoms with van der Waals surface area (Å²) in [5.74, 6) is 0.722. The molecule has 30 heavy (non-hydrogen) atoms. The SMILES string of the molecule is COc1cc(/C=C2\CCCN([C@H](C)c3ccc(F)s3)C2=O)ccc1-n1cnc(C)c1. The molecule has 3 aromatic rings. The van der Waals surface area contributed by atoms with E-state index in [0.29, 0.717) is 12.3 Å². The van der Waals surface area contributed by atoms with Crippen LogP contribution in [0.2, 0.25) is 0 Å². The first-order valence-corrected chi connectivity index (χ1v) is 10.7. The normalized spacial score (nSPS) is 16.9. The first-order chi connectivity index (χ1) is 14.5. The number of imidazole rings is 1. The highest BCUT2D eigenvalue weighted by Crippen LogP contribution is 2.32. The summed E-state index contributed by atoms with van der Waals surface area (Å²) < 4.78 is 20.9. The van der Waals surface area contributed by atoms with E-state index < -0.39 is 0 Å². The van der Waals surface area contributed by atoms with Gasteiger partial charge in [0.05, 0.1) is 30.9 Å². The van der Waals surface area contributed by atoms with Crippen LogP contribution in [0.4, 0.5) is 4.39 Å². The predicted molar refractivity (Wildman–Crippen MR) is 116 cm³/mol. The summed E-state index contributed by atoms with van der Waals surface area (Å²) in [6.07, 6.45) is 7.24. The number of carbonyl (C=O) groups is 1. The molecule has 7 heteroatoms. The lowest BCUT2D eigenvalue weighted by molar-refractivity contribution is -0.130. The number of aryl methyl sites for hydroxylation is 1. The number of aromatic nitrogens is 2. The summed E-state index contributed by atoms with van der Waals surface area (Å²) in [4.78, 5) is 20.1. The molecule has 0 radical (unpaired) electrons. The Morgan fingerprint density at radius 2 is 2.13 bits per heavy atom. The molecule has 2 aromatic heterocycles. The molecule has 1 fully saturated rings. The average Bonchev–Trinajstić information content (AvgIpc) is 3.37. The molecule has 1 atom stereocenters. The van der Waals surface area contributed by atoms with Gasteiger partial charge >= 0.3 is 0 Å². The monoisotopic (exact) mass is 425 g/mol. The van der Waals surface area contributed by atoms with Gasteiger partial charge in [0.2, 0.25) is 5.91 Å². The molecule has 156 valence electrons. The van der Waals surface area contributed by atoms with Crippen LogP contribution in [0.1, 0.15) is 41.9 Å². The van der Waals surface area contributed by atoms with Crippen molar-refractivity contribution in [2.24, 2.45) is 0 Å². The lowest BCUT2D eigenvalue weighted by Crippen LogP contribution is -2.38. The predicted octanol–water partition coefficient (Wildman–Crippen LogP) is 5.16. The fraction of sp³-hybridized carbons (Fsp3) is 0.304. The van der Waals surface area contributed by atoms with Gasteiger partial charge in [0.1, 0.15) is 5.75 Å². The Labute approximate surface area is 179 Å². The maximum Gasteiger partial charge on any atom is 0.250 e. The van der Waals surface area contributed by atoms with Crippen molar-refractivity contribution in [3.63, 3.8) is 0 Å². The van der Waals surface area contributed by atoms with Gasteiger partial charge in [-0.25, -0.2) is 4.98 Å². The smallest absolute Gasteiger partial charge is 0.250 e. The summed E-state index contributed by atoms with van der Waals surface area (Å²) >= 11 is 1.10. The minimum atomic E-state index is -0.225. The topological polar surface area (TPSA) is 47.4 Å². The number of methoxy groups -OCH3 is 1. The van der Waals surface area contributed by atoms with Crippen molar-refractivity contribution in [3.8, 4) is 11.4 Å². The van der Waals surface area contributed by atoms with Crippen LogP contribution in [0.3, 0.4) is 0 Å². The number of halogens is 1. The molecule has 4 rings (SSSR count). The van der Waals surface area contributed by atoms with Crippen molar-refractivity contribution in [3.05, 3.63) is 69.7 Å². The van der Waals surface area contributed by atoms with Crippen molar-refractivity contribution >= 4 is 23.3 Å². The van der Waals surface area contributed by atoms with Crippen molar-refractivity contribution in [1.29, 1.82) is 0 Å². The average molecular weight is 426 g/mol. The number of ether oxygens (including phenoxy) is 1. The molecular weight excluding hydrogens is 401 g/mol. The first-order valence-electron chi connectivity index (χ1n) is 9.92. The van der Waals surface area contributed by atoms with Gasteiger partial charge in [-0.3, -0.25) is 4.79 Å². The van der Waals surface area contributed by atoms with Gasteiger partial charge in [-0.05, 0) is 62.6 Å². The quantitative estimate of drug-likeness (QED) is 0.531. The number of likely N-dealkylation sites (tertiary alicyclic amines) is 1. The number of nitrogens with zero attached hydrogens (tertiary/aromatic N) is 3. The molecule has 0 spiro atoms. The third-order valence-electron chi connectivity index (χ3n) is 5.39. The Hall–Kier alpha value is -2.93. The number of hydrogen-bond acceptors (Lipinski definition) is 4. The molecule has 0 bridgehead atoms. The van der Waals surface area contributed by atoms with E-state index in [1.165, 1.54) is 6.07 Å². The van der Waals surface area contributed by atoms with Crippen LogP contribution in [0, 0.1) is 12.1 Å². The van der Waals surface area contributed by atoms with E-state index in [0.717, 1.165) is 51.6 Å². The summed E-state index contributed by atoms with van der Waals surface area (Å²) in [5.41, 5.74) is 3.49. The largest absolute Gasteiger partial charge is 0.495 e. The highest BCUT2D eigenvalue weighted by Gasteiger charge is 2.28. The van der Waals surface area contributed by atoms with Crippen molar-refractivity contribution in [2.75, 3.05) is 13.7 Å². The van der Waals surface area contributed by atoms with Crippen molar-refractivity contribution < 1.29 is 13.9 Å². The summed E-state index contributed by atoms with van der Waals surface area (Å²) in [6.45, 7) is 4.57. The molecule has 0 N–H and O–H groups in total. The molecule has 1 aromatic carbocycles. The highest BCUT2D eigenvalue weighted by molar-refractivity contribution is 7.10. The van der Waals surface area contributed by atoms with E-state index in [9.17, 15) is 9.18 Å². The number of benzene rings is 1. The summed E-state index contributed by atoms with van der Waals surface area (Å²) in [7, 11) is 1.63. The fourth-order valence-electron chi connectivity index (χ4n) is 3.79. The molecular formula is C23H24FN3O2S. The van der Waals surface area contributed by atoms with E-state index in [1.54, 1.807) is 19.5 Å². The zero-order chi connectivity index (χ0) is 21.3. The molecule has 0 unspecified atom stereocenters. The van der Waals surface area contributed by atoms with Gasteiger partial charge in [0.25, 0.3) is 0 Å². The van der Waals surface area contributed by atoms with Crippen LogP contribution in [-0.4, -0.2) is 34.0 Å². The van der Waals surface area contributed by atoms with Gasteiger partial charge < -0.3 is 14.2 Å². The van der Waals surface area contributed by atoms with Gasteiger partial charge in [-0.15, -0.1) is 11.3 Å². The van der Waals surface area contributed by atoms with E-state index in [2.05, 4.69) is 4.98 Å². The van der Waals surface area contributed by atoms with Gasteiger partial charge in [0.15, 0.2) is 5.13 Å². The lowest BCUT2D eigenvalue weighted by Gasteiger charge is -2.33. The second kappa shape index (κ2) is 8.44. The Balaban J connectivity index is 1.60. The van der Waals surface area contributed by atoms with Crippen molar-refractivity contribution in [1.82, 2.24) is 14.5 Å². The number of rotatable bonds is 5. The zero-order valence-corrected chi connectivity index (χ0v) is 18.1. The molecule has 0 saturated carbocycles. The van der Waals surface area contributed by atoms with Crippen LogP contribution < -0.4 is 4.74 Å². The second-order valence-electron chi connectivity index (χ2n) is 7.44. The molecule has 1 saturated heterocycles. The van der Waals surface area contributed by atoms with Crippen LogP contribution in [0.15, 0.2) is 48.4 Å².